The molecule has 0 aromatic carbocycles. The first-order valence-corrected chi connectivity index (χ1v) is 4.99. The lowest BCUT2D eigenvalue weighted by Crippen LogP contribution is -2.49. The van der Waals surface area contributed by atoms with Crippen LogP contribution in [-0.2, 0) is 0 Å². The molecular weight excluding hydrogens is 168 g/mol. The van der Waals surface area contributed by atoms with Gasteiger partial charge in [0.05, 0.1) is 18.3 Å². The van der Waals surface area contributed by atoms with Crippen LogP contribution in [0.1, 0.15) is 27.2 Å². The van der Waals surface area contributed by atoms with Crippen molar-refractivity contribution in [2.75, 3.05) is 0 Å². The summed E-state index contributed by atoms with van der Waals surface area (Å²) in [4.78, 5) is 0. The molecule has 1 saturated carbocycles. The molecule has 6 atom stereocenters. The second kappa shape index (κ2) is 3.95. The molecule has 0 saturated heterocycles. The van der Waals surface area contributed by atoms with Crippen molar-refractivity contribution in [1.82, 2.24) is 0 Å². The van der Waals surface area contributed by atoms with Crippen LogP contribution in [0.25, 0.3) is 0 Å². The number of hydrogen-bond donors (Lipinski definition) is 3. The van der Waals surface area contributed by atoms with Gasteiger partial charge < -0.3 is 15.3 Å². The summed E-state index contributed by atoms with van der Waals surface area (Å²) in [5, 5.41) is 28.9. The summed E-state index contributed by atoms with van der Waals surface area (Å²) in [6.45, 7) is 5.62. The maximum atomic E-state index is 9.83. The summed E-state index contributed by atoms with van der Waals surface area (Å²) in [5.41, 5.74) is 0. The Bertz CT molecular complexity index is 170. The van der Waals surface area contributed by atoms with E-state index in [0.29, 0.717) is 12.3 Å². The largest absolute Gasteiger partial charge is 0.393 e. The molecule has 1 aliphatic carbocycles. The molecule has 3 nitrogen and oxygen atoms in total. The zero-order chi connectivity index (χ0) is 10.2. The Hall–Kier alpha value is -0.120. The fourth-order valence-electron chi connectivity index (χ4n) is 2.27. The lowest BCUT2D eigenvalue weighted by molar-refractivity contribution is -0.114. The smallest absolute Gasteiger partial charge is 0.0645 e. The molecule has 0 aliphatic heterocycles. The maximum Gasteiger partial charge on any atom is 0.0645 e. The highest BCUT2D eigenvalue weighted by Gasteiger charge is 2.41. The average Bonchev–Trinajstić information content (AvgIpc) is 1.99. The van der Waals surface area contributed by atoms with E-state index < -0.39 is 18.3 Å². The van der Waals surface area contributed by atoms with Gasteiger partial charge >= 0.3 is 0 Å². The Morgan fingerprint density at radius 3 is 2.23 bits per heavy atom. The lowest BCUT2D eigenvalue weighted by atomic mass is 9.70. The summed E-state index contributed by atoms with van der Waals surface area (Å²) in [6, 6.07) is 0. The minimum absolute atomic E-state index is 0.156. The van der Waals surface area contributed by atoms with Gasteiger partial charge in [-0.25, -0.2) is 0 Å². The van der Waals surface area contributed by atoms with Crippen LogP contribution in [0.2, 0.25) is 0 Å². The van der Waals surface area contributed by atoms with Crippen molar-refractivity contribution >= 4 is 0 Å². The molecule has 0 amide bonds. The fourth-order valence-corrected chi connectivity index (χ4v) is 2.27. The molecule has 0 aromatic rings. The Kier molecular flexibility index (Phi) is 3.33. The summed E-state index contributed by atoms with van der Waals surface area (Å²) in [6.07, 6.45) is -1.12. The quantitative estimate of drug-likeness (QED) is 0.557. The predicted molar refractivity (Wildman–Crippen MR) is 50.1 cm³/mol. The molecule has 3 N–H and O–H groups in total. The van der Waals surface area contributed by atoms with Crippen LogP contribution in [0.3, 0.4) is 0 Å². The van der Waals surface area contributed by atoms with Gasteiger partial charge in [-0.1, -0.05) is 13.8 Å². The molecule has 1 rings (SSSR count). The van der Waals surface area contributed by atoms with Crippen molar-refractivity contribution in [2.45, 2.75) is 45.5 Å². The Morgan fingerprint density at radius 1 is 1.23 bits per heavy atom. The van der Waals surface area contributed by atoms with Crippen molar-refractivity contribution in [3.05, 3.63) is 0 Å². The van der Waals surface area contributed by atoms with E-state index in [2.05, 4.69) is 0 Å². The average molecular weight is 188 g/mol. The third-order valence-corrected chi connectivity index (χ3v) is 3.45. The van der Waals surface area contributed by atoms with Gasteiger partial charge in [-0.3, -0.25) is 0 Å². The third kappa shape index (κ3) is 2.03. The summed E-state index contributed by atoms with van der Waals surface area (Å²) in [7, 11) is 0. The lowest BCUT2D eigenvalue weighted by Gasteiger charge is -2.41. The molecule has 13 heavy (non-hydrogen) atoms. The zero-order valence-electron chi connectivity index (χ0n) is 8.51. The molecule has 0 heterocycles. The fraction of sp³-hybridized carbons (Fsp3) is 1.00. The SMILES string of the molecule is CC(O)C1C(O)C(C)[C@@H](C)C[C@H]1O. The summed E-state index contributed by atoms with van der Waals surface area (Å²) >= 11 is 0. The van der Waals surface area contributed by atoms with E-state index in [1.54, 1.807) is 6.92 Å². The van der Waals surface area contributed by atoms with Gasteiger partial charge in [0.25, 0.3) is 0 Å². The van der Waals surface area contributed by atoms with E-state index in [9.17, 15) is 15.3 Å². The highest BCUT2D eigenvalue weighted by atomic mass is 16.3. The topological polar surface area (TPSA) is 60.7 Å². The highest BCUT2D eigenvalue weighted by molar-refractivity contribution is 4.91. The van der Waals surface area contributed by atoms with Crippen molar-refractivity contribution < 1.29 is 15.3 Å². The Labute approximate surface area is 79.4 Å². The van der Waals surface area contributed by atoms with E-state index >= 15 is 0 Å². The predicted octanol–water partition coefficient (Wildman–Crippen LogP) is 0.381. The van der Waals surface area contributed by atoms with Crippen LogP contribution < -0.4 is 0 Å². The standard InChI is InChI=1S/C10H20O3/c1-5-4-8(12)9(7(3)11)10(13)6(5)2/h5-13H,4H2,1-3H3/t5-,6?,7?,8+,9?,10?/m0/s1. The number of aliphatic hydroxyl groups excluding tert-OH is 3. The van der Waals surface area contributed by atoms with Crippen molar-refractivity contribution in [3.63, 3.8) is 0 Å². The Balaban J connectivity index is 2.73. The molecule has 0 radical (unpaired) electrons. The van der Waals surface area contributed by atoms with Crippen LogP contribution in [-0.4, -0.2) is 33.6 Å². The van der Waals surface area contributed by atoms with E-state index in [0.717, 1.165) is 0 Å². The highest BCUT2D eigenvalue weighted by Crippen LogP contribution is 2.35. The molecule has 1 fully saturated rings. The second-order valence-corrected chi connectivity index (χ2v) is 4.45. The molecule has 3 heteroatoms. The van der Waals surface area contributed by atoms with Crippen LogP contribution in [0.15, 0.2) is 0 Å². The minimum atomic E-state index is -0.639. The third-order valence-electron chi connectivity index (χ3n) is 3.45. The number of rotatable bonds is 1. The van der Waals surface area contributed by atoms with Gasteiger partial charge in [-0.15, -0.1) is 0 Å². The molecule has 1 aliphatic rings. The van der Waals surface area contributed by atoms with Gasteiger partial charge in [0.1, 0.15) is 0 Å². The van der Waals surface area contributed by atoms with Gasteiger partial charge in [-0.2, -0.15) is 0 Å². The zero-order valence-corrected chi connectivity index (χ0v) is 8.51. The van der Waals surface area contributed by atoms with Gasteiger partial charge in [0, 0.05) is 5.92 Å². The normalized spacial score (nSPS) is 48.9. The second-order valence-electron chi connectivity index (χ2n) is 4.45. The van der Waals surface area contributed by atoms with Crippen molar-refractivity contribution in [2.24, 2.45) is 17.8 Å². The van der Waals surface area contributed by atoms with Crippen molar-refractivity contribution in [3.8, 4) is 0 Å². The van der Waals surface area contributed by atoms with Gasteiger partial charge in [-0.05, 0) is 25.2 Å². The molecular formula is C10H20O3. The van der Waals surface area contributed by atoms with Crippen LogP contribution in [0, 0.1) is 17.8 Å². The van der Waals surface area contributed by atoms with E-state index in [1.165, 1.54) is 0 Å². The summed E-state index contributed by atoms with van der Waals surface area (Å²) < 4.78 is 0. The summed E-state index contributed by atoms with van der Waals surface area (Å²) in [5.74, 6) is 0.0919. The van der Waals surface area contributed by atoms with Gasteiger partial charge in [0.2, 0.25) is 0 Å². The molecule has 4 unspecified atom stereocenters. The number of aliphatic hydroxyl groups is 3. The minimum Gasteiger partial charge on any atom is -0.393 e. The first-order chi connectivity index (χ1) is 5.95. The van der Waals surface area contributed by atoms with Crippen molar-refractivity contribution in [1.29, 1.82) is 0 Å². The molecule has 78 valence electrons. The van der Waals surface area contributed by atoms with E-state index in [-0.39, 0.29) is 11.8 Å². The van der Waals surface area contributed by atoms with Crippen LogP contribution in [0.4, 0.5) is 0 Å². The monoisotopic (exact) mass is 188 g/mol. The van der Waals surface area contributed by atoms with E-state index in [1.807, 2.05) is 13.8 Å². The molecule has 0 bridgehead atoms. The number of hydrogen-bond acceptors (Lipinski definition) is 3. The van der Waals surface area contributed by atoms with E-state index in [4.69, 9.17) is 0 Å². The van der Waals surface area contributed by atoms with Gasteiger partial charge in [0.15, 0.2) is 0 Å². The molecule has 0 spiro atoms. The van der Waals surface area contributed by atoms with Crippen LogP contribution >= 0.6 is 0 Å². The maximum absolute atomic E-state index is 9.83. The first kappa shape index (κ1) is 11.0. The first-order valence-electron chi connectivity index (χ1n) is 4.99. The van der Waals surface area contributed by atoms with Crippen LogP contribution in [0.5, 0.6) is 0 Å². The Morgan fingerprint density at radius 2 is 1.77 bits per heavy atom. The molecule has 0 aromatic heterocycles.